The molecule has 0 N–H and O–H groups in total. The molecule has 0 aliphatic carbocycles. The molecular formula is C15H18F2N2O3. The second-order valence-corrected chi connectivity index (χ2v) is 5.16. The molecular weight excluding hydrogens is 294 g/mol. The highest BCUT2D eigenvalue weighted by Gasteiger charge is 2.22. The molecule has 0 saturated carbocycles. The minimum absolute atomic E-state index is 0.0359. The molecule has 0 unspecified atom stereocenters. The van der Waals surface area contributed by atoms with Gasteiger partial charge in [0.15, 0.2) is 11.6 Å². The summed E-state index contributed by atoms with van der Waals surface area (Å²) in [6.07, 6.45) is 0.0359. The lowest BCUT2D eigenvalue weighted by Gasteiger charge is -2.34. The van der Waals surface area contributed by atoms with Crippen LogP contribution in [0.2, 0.25) is 0 Å². The van der Waals surface area contributed by atoms with E-state index in [1.165, 1.54) is 13.2 Å². The van der Waals surface area contributed by atoms with Gasteiger partial charge in [0.05, 0.1) is 20.1 Å². The SMILES string of the molecule is COC(=O)CN1CCN(C(=O)Cc2ccc(F)c(F)c2)CC1. The van der Waals surface area contributed by atoms with Crippen LogP contribution in [0.15, 0.2) is 18.2 Å². The molecule has 1 aromatic rings. The number of benzene rings is 1. The van der Waals surface area contributed by atoms with E-state index < -0.39 is 11.6 Å². The van der Waals surface area contributed by atoms with Crippen LogP contribution in [0.4, 0.5) is 8.78 Å². The Labute approximate surface area is 127 Å². The maximum absolute atomic E-state index is 13.1. The van der Waals surface area contributed by atoms with Crippen LogP contribution >= 0.6 is 0 Å². The van der Waals surface area contributed by atoms with Crippen LogP contribution in [0.3, 0.4) is 0 Å². The number of nitrogens with zero attached hydrogens (tertiary/aromatic N) is 2. The summed E-state index contributed by atoms with van der Waals surface area (Å²) in [5, 5.41) is 0. The van der Waals surface area contributed by atoms with Gasteiger partial charge in [0.2, 0.25) is 5.91 Å². The molecule has 1 aliphatic rings. The minimum Gasteiger partial charge on any atom is -0.468 e. The van der Waals surface area contributed by atoms with E-state index in [-0.39, 0.29) is 24.8 Å². The fraction of sp³-hybridized carbons (Fsp3) is 0.467. The van der Waals surface area contributed by atoms with Crippen molar-refractivity contribution in [2.75, 3.05) is 39.8 Å². The average molecular weight is 312 g/mol. The molecule has 5 nitrogen and oxygen atoms in total. The summed E-state index contributed by atoms with van der Waals surface area (Å²) in [5.41, 5.74) is 0.445. The minimum atomic E-state index is -0.951. The van der Waals surface area contributed by atoms with Gasteiger partial charge in [-0.25, -0.2) is 8.78 Å². The van der Waals surface area contributed by atoms with Crippen LogP contribution in [0.5, 0.6) is 0 Å². The van der Waals surface area contributed by atoms with Crippen LogP contribution in [0.1, 0.15) is 5.56 Å². The van der Waals surface area contributed by atoms with Crippen LogP contribution in [0.25, 0.3) is 0 Å². The molecule has 0 bridgehead atoms. The molecule has 7 heteroatoms. The van der Waals surface area contributed by atoms with Gasteiger partial charge in [-0.2, -0.15) is 0 Å². The molecule has 1 saturated heterocycles. The third-order valence-electron chi connectivity index (χ3n) is 3.64. The van der Waals surface area contributed by atoms with Gasteiger partial charge in [-0.3, -0.25) is 14.5 Å². The lowest BCUT2D eigenvalue weighted by atomic mass is 10.1. The van der Waals surface area contributed by atoms with Crippen molar-refractivity contribution in [2.24, 2.45) is 0 Å². The molecule has 2 rings (SSSR count). The third-order valence-corrected chi connectivity index (χ3v) is 3.64. The predicted molar refractivity (Wildman–Crippen MR) is 75.1 cm³/mol. The summed E-state index contributed by atoms with van der Waals surface area (Å²) < 4.78 is 30.6. The Balaban J connectivity index is 1.84. The van der Waals surface area contributed by atoms with Gasteiger partial charge >= 0.3 is 5.97 Å². The number of esters is 1. The van der Waals surface area contributed by atoms with Gasteiger partial charge in [-0.1, -0.05) is 6.07 Å². The van der Waals surface area contributed by atoms with Crippen molar-refractivity contribution in [3.05, 3.63) is 35.4 Å². The highest BCUT2D eigenvalue weighted by molar-refractivity contribution is 5.79. The highest BCUT2D eigenvalue weighted by Crippen LogP contribution is 2.11. The highest BCUT2D eigenvalue weighted by atomic mass is 19.2. The summed E-state index contributed by atoms with van der Waals surface area (Å²) in [6, 6.07) is 3.47. The molecule has 1 aliphatic heterocycles. The molecule has 0 radical (unpaired) electrons. The zero-order valence-electron chi connectivity index (χ0n) is 12.3. The quantitative estimate of drug-likeness (QED) is 0.773. The number of ether oxygens (including phenoxy) is 1. The Bertz CT molecular complexity index is 558. The largest absolute Gasteiger partial charge is 0.468 e. The van der Waals surface area contributed by atoms with Crippen LogP contribution in [0, 0.1) is 11.6 Å². The van der Waals surface area contributed by atoms with E-state index >= 15 is 0 Å². The van der Waals surface area contributed by atoms with Gasteiger partial charge in [0.25, 0.3) is 0 Å². The second kappa shape index (κ2) is 7.31. The number of methoxy groups -OCH3 is 1. The topological polar surface area (TPSA) is 49.9 Å². The van der Waals surface area contributed by atoms with Crippen molar-refractivity contribution >= 4 is 11.9 Å². The number of halogens is 2. The molecule has 22 heavy (non-hydrogen) atoms. The van der Waals surface area contributed by atoms with E-state index in [9.17, 15) is 18.4 Å². The number of hydrogen-bond acceptors (Lipinski definition) is 4. The van der Waals surface area contributed by atoms with E-state index in [1.807, 2.05) is 4.90 Å². The summed E-state index contributed by atoms with van der Waals surface area (Å²) in [7, 11) is 1.34. The molecule has 1 aromatic carbocycles. The standard InChI is InChI=1S/C15H18F2N2O3/c1-22-15(21)10-18-4-6-19(7-5-18)14(20)9-11-2-3-12(16)13(17)8-11/h2-3,8H,4-7,9-10H2,1H3. The third kappa shape index (κ3) is 4.24. The van der Waals surface area contributed by atoms with E-state index in [2.05, 4.69) is 4.74 Å². The predicted octanol–water partition coefficient (Wildman–Crippen LogP) is 0.825. The normalized spacial score (nSPS) is 15.7. The molecule has 0 aromatic heterocycles. The average Bonchev–Trinajstić information content (AvgIpc) is 2.51. The first kappa shape index (κ1) is 16.4. The fourth-order valence-corrected chi connectivity index (χ4v) is 2.34. The number of rotatable bonds is 4. The van der Waals surface area contributed by atoms with Crippen molar-refractivity contribution in [1.82, 2.24) is 9.80 Å². The summed E-state index contributed by atoms with van der Waals surface area (Å²) in [4.78, 5) is 26.9. The Hall–Kier alpha value is -2.02. The van der Waals surface area contributed by atoms with E-state index in [0.29, 0.717) is 31.7 Å². The number of carbonyl (C=O) groups excluding carboxylic acids is 2. The first-order chi connectivity index (χ1) is 10.5. The Morgan fingerprint density at radius 2 is 1.82 bits per heavy atom. The van der Waals surface area contributed by atoms with Crippen LogP contribution < -0.4 is 0 Å². The van der Waals surface area contributed by atoms with Crippen molar-refractivity contribution in [3.63, 3.8) is 0 Å². The van der Waals surface area contributed by atoms with E-state index in [1.54, 1.807) is 4.90 Å². The molecule has 0 atom stereocenters. The lowest BCUT2D eigenvalue weighted by Crippen LogP contribution is -2.50. The Morgan fingerprint density at radius 3 is 2.41 bits per heavy atom. The number of carbonyl (C=O) groups is 2. The molecule has 1 fully saturated rings. The van der Waals surface area contributed by atoms with Crippen LogP contribution in [-0.4, -0.2) is 61.5 Å². The number of amides is 1. The summed E-state index contributed by atoms with van der Waals surface area (Å²) in [6.45, 7) is 2.37. The maximum Gasteiger partial charge on any atom is 0.319 e. The van der Waals surface area contributed by atoms with Gasteiger partial charge < -0.3 is 9.64 Å². The molecule has 1 heterocycles. The van der Waals surface area contributed by atoms with Crippen molar-refractivity contribution in [3.8, 4) is 0 Å². The molecule has 0 spiro atoms. The van der Waals surface area contributed by atoms with Gasteiger partial charge in [0.1, 0.15) is 0 Å². The van der Waals surface area contributed by atoms with E-state index in [0.717, 1.165) is 12.1 Å². The summed E-state index contributed by atoms with van der Waals surface area (Å²) in [5.74, 6) is -2.31. The van der Waals surface area contributed by atoms with Gasteiger partial charge in [-0.05, 0) is 17.7 Å². The molecule has 1 amide bonds. The van der Waals surface area contributed by atoms with Crippen molar-refractivity contribution in [1.29, 1.82) is 0 Å². The smallest absolute Gasteiger partial charge is 0.319 e. The maximum atomic E-state index is 13.1. The zero-order valence-corrected chi connectivity index (χ0v) is 12.3. The van der Waals surface area contributed by atoms with Crippen molar-refractivity contribution in [2.45, 2.75) is 6.42 Å². The lowest BCUT2D eigenvalue weighted by molar-refractivity contribution is -0.142. The first-order valence-electron chi connectivity index (χ1n) is 7.00. The van der Waals surface area contributed by atoms with Gasteiger partial charge in [0, 0.05) is 26.2 Å². The fourth-order valence-electron chi connectivity index (χ4n) is 2.34. The molecule has 120 valence electrons. The van der Waals surface area contributed by atoms with Crippen molar-refractivity contribution < 1.29 is 23.1 Å². The zero-order chi connectivity index (χ0) is 16.1. The second-order valence-electron chi connectivity index (χ2n) is 5.16. The van der Waals surface area contributed by atoms with Crippen LogP contribution in [-0.2, 0) is 20.7 Å². The Kier molecular flexibility index (Phi) is 5.43. The van der Waals surface area contributed by atoms with Gasteiger partial charge in [-0.15, -0.1) is 0 Å². The monoisotopic (exact) mass is 312 g/mol. The Morgan fingerprint density at radius 1 is 1.14 bits per heavy atom. The number of piperazine rings is 1. The number of hydrogen-bond donors (Lipinski definition) is 0. The first-order valence-corrected chi connectivity index (χ1v) is 7.00. The van der Waals surface area contributed by atoms with E-state index in [4.69, 9.17) is 0 Å². The summed E-state index contributed by atoms with van der Waals surface area (Å²) >= 11 is 0.